The van der Waals surface area contributed by atoms with E-state index in [0.29, 0.717) is 30.4 Å². The summed E-state index contributed by atoms with van der Waals surface area (Å²) in [5.41, 5.74) is 7.18. The topological polar surface area (TPSA) is 88.1 Å². The number of anilines is 1. The predicted molar refractivity (Wildman–Crippen MR) is 75.3 cm³/mol. The highest BCUT2D eigenvalue weighted by atomic mass is 16.5. The molecule has 2 rings (SSSR count). The summed E-state index contributed by atoms with van der Waals surface area (Å²) in [4.78, 5) is 0. The van der Waals surface area contributed by atoms with Gasteiger partial charge in [0.15, 0.2) is 5.82 Å². The normalized spacial score (nSPS) is 11.0. The molecule has 0 spiro atoms. The lowest BCUT2D eigenvalue weighted by Crippen LogP contribution is -2.12. The van der Waals surface area contributed by atoms with Crippen molar-refractivity contribution in [1.29, 1.82) is 0 Å². The summed E-state index contributed by atoms with van der Waals surface area (Å²) in [5, 5.41) is 11.7. The lowest BCUT2D eigenvalue weighted by molar-refractivity contribution is 0.0709. The molecule has 7 heteroatoms. The number of benzene rings is 1. The summed E-state index contributed by atoms with van der Waals surface area (Å²) in [6.07, 6.45) is 0.181. The number of hydrogen-bond donors (Lipinski definition) is 1. The molecular weight excluding hydrogens is 258 g/mol. The van der Waals surface area contributed by atoms with Gasteiger partial charge in [0, 0.05) is 11.8 Å². The SMILES string of the molecule is COc1cc(N)ccc1-c1nnnn1CCOC(C)C. The lowest BCUT2D eigenvalue weighted by Gasteiger charge is -2.10. The van der Waals surface area contributed by atoms with Crippen molar-refractivity contribution in [2.24, 2.45) is 0 Å². The zero-order valence-corrected chi connectivity index (χ0v) is 11.9. The highest BCUT2D eigenvalue weighted by Crippen LogP contribution is 2.29. The maximum absolute atomic E-state index is 5.75. The van der Waals surface area contributed by atoms with Crippen LogP contribution in [0.25, 0.3) is 11.4 Å². The van der Waals surface area contributed by atoms with Crippen LogP contribution in [0, 0.1) is 0 Å². The highest BCUT2D eigenvalue weighted by Gasteiger charge is 2.14. The van der Waals surface area contributed by atoms with Crippen LogP contribution in [0.3, 0.4) is 0 Å². The van der Waals surface area contributed by atoms with Gasteiger partial charge in [-0.05, 0) is 36.4 Å². The average molecular weight is 277 g/mol. The van der Waals surface area contributed by atoms with E-state index in [4.69, 9.17) is 15.2 Å². The third-order valence-electron chi connectivity index (χ3n) is 2.75. The molecule has 2 aromatic rings. The van der Waals surface area contributed by atoms with E-state index in [-0.39, 0.29) is 6.10 Å². The summed E-state index contributed by atoms with van der Waals surface area (Å²) in [6.45, 7) is 5.11. The third kappa shape index (κ3) is 3.24. The van der Waals surface area contributed by atoms with Gasteiger partial charge in [-0.25, -0.2) is 4.68 Å². The molecule has 0 aliphatic rings. The molecule has 0 saturated carbocycles. The van der Waals surface area contributed by atoms with Crippen LogP contribution >= 0.6 is 0 Å². The maximum atomic E-state index is 5.75. The molecule has 2 N–H and O–H groups in total. The zero-order chi connectivity index (χ0) is 14.5. The van der Waals surface area contributed by atoms with E-state index in [0.717, 1.165) is 5.56 Å². The Kier molecular flexibility index (Phi) is 4.52. The fraction of sp³-hybridized carbons (Fsp3) is 0.462. The number of aromatic nitrogens is 4. The lowest BCUT2D eigenvalue weighted by atomic mass is 10.1. The number of rotatable bonds is 6. The number of ether oxygens (including phenoxy) is 2. The molecule has 0 aliphatic carbocycles. The van der Waals surface area contributed by atoms with Gasteiger partial charge in [-0.2, -0.15) is 0 Å². The molecule has 1 aromatic carbocycles. The Labute approximate surface area is 117 Å². The summed E-state index contributed by atoms with van der Waals surface area (Å²) in [7, 11) is 1.59. The maximum Gasteiger partial charge on any atom is 0.185 e. The molecular formula is C13H19N5O2. The van der Waals surface area contributed by atoms with Gasteiger partial charge in [-0.15, -0.1) is 5.10 Å². The molecule has 0 amide bonds. The van der Waals surface area contributed by atoms with Crippen LogP contribution in [0.15, 0.2) is 18.2 Å². The number of nitrogens with two attached hydrogens (primary N) is 1. The van der Waals surface area contributed by atoms with Crippen LogP contribution in [0.2, 0.25) is 0 Å². The monoisotopic (exact) mass is 277 g/mol. The van der Waals surface area contributed by atoms with E-state index in [2.05, 4.69) is 15.5 Å². The van der Waals surface area contributed by atoms with E-state index in [9.17, 15) is 0 Å². The molecule has 0 saturated heterocycles. The minimum Gasteiger partial charge on any atom is -0.496 e. The second kappa shape index (κ2) is 6.33. The molecule has 7 nitrogen and oxygen atoms in total. The van der Waals surface area contributed by atoms with Crippen molar-refractivity contribution in [2.45, 2.75) is 26.5 Å². The first-order valence-corrected chi connectivity index (χ1v) is 6.43. The second-order valence-corrected chi connectivity index (χ2v) is 4.60. The van der Waals surface area contributed by atoms with Gasteiger partial charge >= 0.3 is 0 Å². The molecule has 108 valence electrons. The van der Waals surface area contributed by atoms with Crippen molar-refractivity contribution >= 4 is 5.69 Å². The largest absolute Gasteiger partial charge is 0.496 e. The number of hydrogen-bond acceptors (Lipinski definition) is 6. The Hall–Kier alpha value is -2.15. The molecule has 0 radical (unpaired) electrons. The first-order valence-electron chi connectivity index (χ1n) is 6.43. The Bertz CT molecular complexity index is 568. The first-order chi connectivity index (χ1) is 9.61. The van der Waals surface area contributed by atoms with Crippen molar-refractivity contribution in [3.63, 3.8) is 0 Å². The number of nitrogen functional groups attached to an aromatic ring is 1. The second-order valence-electron chi connectivity index (χ2n) is 4.60. The number of methoxy groups -OCH3 is 1. The highest BCUT2D eigenvalue weighted by molar-refractivity contribution is 5.67. The molecule has 1 aromatic heterocycles. The fourth-order valence-electron chi connectivity index (χ4n) is 1.82. The molecule has 0 bridgehead atoms. The van der Waals surface area contributed by atoms with Crippen LogP contribution < -0.4 is 10.5 Å². The molecule has 20 heavy (non-hydrogen) atoms. The summed E-state index contributed by atoms with van der Waals surface area (Å²) in [6, 6.07) is 5.39. The quantitative estimate of drug-likeness (QED) is 0.802. The molecule has 0 atom stereocenters. The van der Waals surface area contributed by atoms with Crippen LogP contribution in [-0.4, -0.2) is 40.0 Å². The minimum absolute atomic E-state index is 0.181. The van der Waals surface area contributed by atoms with Crippen LogP contribution in [0.5, 0.6) is 5.75 Å². The first kappa shape index (κ1) is 14.3. The third-order valence-corrected chi connectivity index (χ3v) is 2.75. The van der Waals surface area contributed by atoms with E-state index in [1.807, 2.05) is 19.9 Å². The zero-order valence-electron chi connectivity index (χ0n) is 11.9. The van der Waals surface area contributed by atoms with Crippen LogP contribution in [-0.2, 0) is 11.3 Å². The summed E-state index contributed by atoms with van der Waals surface area (Å²) < 4.78 is 12.5. The number of tetrazole rings is 1. The standard InChI is InChI=1S/C13H19N5O2/c1-9(2)20-7-6-18-13(15-16-17-18)11-5-4-10(14)8-12(11)19-3/h4-5,8-9H,6-7,14H2,1-3H3. The fourth-order valence-corrected chi connectivity index (χ4v) is 1.82. The van der Waals surface area contributed by atoms with Crippen molar-refractivity contribution in [1.82, 2.24) is 20.2 Å². The summed E-state index contributed by atoms with van der Waals surface area (Å²) >= 11 is 0. The molecule has 0 aliphatic heterocycles. The van der Waals surface area contributed by atoms with Gasteiger partial charge in [0.2, 0.25) is 0 Å². The van der Waals surface area contributed by atoms with E-state index >= 15 is 0 Å². The number of nitrogens with zero attached hydrogens (tertiary/aromatic N) is 4. The van der Waals surface area contributed by atoms with Crippen LogP contribution in [0.4, 0.5) is 5.69 Å². The average Bonchev–Trinajstić information content (AvgIpc) is 2.86. The van der Waals surface area contributed by atoms with Crippen molar-refractivity contribution < 1.29 is 9.47 Å². The van der Waals surface area contributed by atoms with Crippen molar-refractivity contribution in [3.05, 3.63) is 18.2 Å². The Morgan fingerprint density at radius 2 is 2.15 bits per heavy atom. The van der Waals surface area contributed by atoms with Gasteiger partial charge in [0.1, 0.15) is 5.75 Å². The van der Waals surface area contributed by atoms with Crippen molar-refractivity contribution in [3.8, 4) is 17.1 Å². The summed E-state index contributed by atoms with van der Waals surface area (Å²) in [5.74, 6) is 1.28. The van der Waals surface area contributed by atoms with E-state index < -0.39 is 0 Å². The van der Waals surface area contributed by atoms with Gasteiger partial charge in [0.25, 0.3) is 0 Å². The van der Waals surface area contributed by atoms with E-state index in [1.165, 1.54) is 0 Å². The van der Waals surface area contributed by atoms with Gasteiger partial charge < -0.3 is 15.2 Å². The molecule has 0 fully saturated rings. The Morgan fingerprint density at radius 1 is 1.35 bits per heavy atom. The van der Waals surface area contributed by atoms with Crippen LogP contribution in [0.1, 0.15) is 13.8 Å². The van der Waals surface area contributed by atoms with Gasteiger partial charge in [-0.3, -0.25) is 0 Å². The smallest absolute Gasteiger partial charge is 0.185 e. The predicted octanol–water partition coefficient (Wildman–Crippen LogP) is 1.36. The molecule has 1 heterocycles. The van der Waals surface area contributed by atoms with Crippen molar-refractivity contribution in [2.75, 3.05) is 19.5 Å². The van der Waals surface area contributed by atoms with Gasteiger partial charge in [-0.1, -0.05) is 0 Å². The van der Waals surface area contributed by atoms with E-state index in [1.54, 1.807) is 23.9 Å². The Balaban J connectivity index is 2.23. The Morgan fingerprint density at radius 3 is 2.85 bits per heavy atom. The molecule has 0 unspecified atom stereocenters. The van der Waals surface area contributed by atoms with Gasteiger partial charge in [0.05, 0.1) is 31.9 Å². The minimum atomic E-state index is 0.181.